The summed E-state index contributed by atoms with van der Waals surface area (Å²) < 4.78 is 174. The van der Waals surface area contributed by atoms with Crippen LogP contribution in [0.25, 0.3) is 0 Å². The summed E-state index contributed by atoms with van der Waals surface area (Å²) in [5, 5.41) is 9.60. The second kappa shape index (κ2) is 28.5. The zero-order valence-electron chi connectivity index (χ0n) is 43.4. The van der Waals surface area contributed by atoms with Crippen LogP contribution >= 0.6 is 11.6 Å². The minimum atomic E-state index is -4.94. The van der Waals surface area contributed by atoms with E-state index >= 15 is 0 Å². The minimum Gasteiger partial charge on any atom is -0.748 e. The van der Waals surface area contributed by atoms with Gasteiger partial charge in [0.2, 0.25) is 5.69 Å². The van der Waals surface area contributed by atoms with Crippen LogP contribution in [0.3, 0.4) is 0 Å². The first-order valence-corrected chi connectivity index (χ1v) is 31.5. The molecule has 21 nitrogen and oxygen atoms in total. The molecule has 2 aromatic carbocycles. The summed E-state index contributed by atoms with van der Waals surface area (Å²) in [7, 11) is -17.6. The number of hydrogen-bond acceptors (Lipinski definition) is 19. The number of unbranched alkanes of at least 4 members (excludes halogenated alkanes) is 2. The maximum absolute atomic E-state index is 12.4. The van der Waals surface area contributed by atoms with E-state index in [4.69, 9.17) is 35.3 Å². The number of allylic oxidation sites excluding steroid dienone is 8. The lowest BCUT2D eigenvalue weighted by atomic mass is 9.75. The fourth-order valence-corrected chi connectivity index (χ4v) is 12.2. The molecule has 77 heavy (non-hydrogen) atoms. The number of anilines is 1. The number of benzene rings is 2. The fraction of sp³-hybridized carbons (Fsp3) is 0.569. The van der Waals surface area contributed by atoms with E-state index < -0.39 is 78.6 Å². The van der Waals surface area contributed by atoms with E-state index in [1.165, 1.54) is 36.4 Å². The van der Waals surface area contributed by atoms with E-state index in [9.17, 15) is 61.8 Å². The molecule has 0 spiro atoms. The van der Waals surface area contributed by atoms with Gasteiger partial charge in [0, 0.05) is 77.5 Å². The van der Waals surface area contributed by atoms with E-state index in [1.807, 2.05) is 9.48 Å². The van der Waals surface area contributed by atoms with Crippen LogP contribution in [0.1, 0.15) is 95.6 Å². The maximum atomic E-state index is 12.4. The van der Waals surface area contributed by atoms with Gasteiger partial charge in [-0.25, -0.2) is 33.7 Å². The number of nitrogens with zero attached hydrogens (tertiary/aromatic N) is 2. The van der Waals surface area contributed by atoms with E-state index in [-0.39, 0.29) is 58.5 Å². The number of carboxylic acid groups (broad SMARTS) is 1. The molecular formula is C51H68ClN2O19S4-3. The van der Waals surface area contributed by atoms with Crippen LogP contribution in [-0.4, -0.2) is 164 Å². The Kier molecular flexibility index (Phi) is 23.6. The predicted molar refractivity (Wildman–Crippen MR) is 282 cm³/mol. The Morgan fingerprint density at radius 1 is 0.688 bits per heavy atom. The highest BCUT2D eigenvalue weighted by atomic mass is 35.5. The average Bonchev–Trinajstić information content (AvgIpc) is 3.72. The predicted octanol–water partition coefficient (Wildman–Crippen LogP) is 5.68. The number of ether oxygens (including phenoxy) is 5. The van der Waals surface area contributed by atoms with Gasteiger partial charge < -0.3 is 51.9 Å². The molecule has 26 heteroatoms. The van der Waals surface area contributed by atoms with Crippen molar-refractivity contribution >= 4 is 75.1 Å². The van der Waals surface area contributed by atoms with E-state index in [2.05, 4.69) is 0 Å². The smallest absolute Gasteiger partial charge is 0.303 e. The average molecular weight is 1180 g/mol. The number of halogens is 1. The summed E-state index contributed by atoms with van der Waals surface area (Å²) in [5.74, 6) is -2.34. The molecule has 3 aliphatic rings. The topological polar surface area (TPSA) is 318 Å². The summed E-state index contributed by atoms with van der Waals surface area (Å²) >= 11 is 7.26. The monoisotopic (exact) mass is 1180 g/mol. The van der Waals surface area contributed by atoms with Gasteiger partial charge in [-0.1, -0.05) is 23.8 Å². The van der Waals surface area contributed by atoms with Gasteiger partial charge in [-0.15, -0.1) is 0 Å². The molecule has 0 bridgehead atoms. The third kappa shape index (κ3) is 18.6. The number of methoxy groups -OCH3 is 1. The molecule has 5 rings (SSSR count). The minimum absolute atomic E-state index is 0.0448. The summed E-state index contributed by atoms with van der Waals surface area (Å²) in [6.07, 6.45) is 10.1. The Hall–Kier alpha value is -3.93. The van der Waals surface area contributed by atoms with Gasteiger partial charge in [0.25, 0.3) is 0 Å². The lowest BCUT2D eigenvalue weighted by Crippen LogP contribution is -2.32. The third-order valence-corrected chi connectivity index (χ3v) is 17.5. The number of aliphatic carboxylic acids is 1. The van der Waals surface area contributed by atoms with Crippen molar-refractivity contribution in [3.8, 4) is 0 Å². The molecule has 0 aromatic heterocycles. The molecule has 1 aliphatic carbocycles. The number of carbonyl (C=O) groups is 1. The van der Waals surface area contributed by atoms with Gasteiger partial charge >= 0.3 is 5.97 Å². The van der Waals surface area contributed by atoms with Gasteiger partial charge in [-0.3, -0.25) is 4.79 Å². The van der Waals surface area contributed by atoms with Gasteiger partial charge in [0.05, 0.1) is 94.9 Å². The van der Waals surface area contributed by atoms with Crippen LogP contribution in [-0.2, 0) is 79.8 Å². The molecule has 2 aliphatic heterocycles. The van der Waals surface area contributed by atoms with Gasteiger partial charge in [0.1, 0.15) is 26.8 Å². The first-order valence-electron chi connectivity index (χ1n) is 25.2. The van der Waals surface area contributed by atoms with Crippen LogP contribution in [0.15, 0.2) is 92.4 Å². The zero-order valence-corrected chi connectivity index (χ0v) is 47.5. The van der Waals surface area contributed by atoms with Crippen LogP contribution in [0.4, 0.5) is 11.4 Å². The molecule has 1 N–H and O–H groups in total. The van der Waals surface area contributed by atoms with Crippen LogP contribution < -0.4 is 4.90 Å². The highest BCUT2D eigenvalue weighted by Crippen LogP contribution is 2.52. The zero-order chi connectivity index (χ0) is 56.7. The van der Waals surface area contributed by atoms with Crippen molar-refractivity contribution in [2.45, 2.75) is 105 Å². The Balaban J connectivity index is 1.51. The van der Waals surface area contributed by atoms with Gasteiger partial charge in [-0.2, -0.15) is 4.58 Å². The fourth-order valence-electron chi connectivity index (χ4n) is 9.94. The van der Waals surface area contributed by atoms with Gasteiger partial charge in [0.15, 0.2) is 5.71 Å². The first kappa shape index (κ1) is 63.9. The number of hydrogen-bond donors (Lipinski definition) is 1. The molecule has 0 fully saturated rings. The highest BCUT2D eigenvalue weighted by molar-refractivity contribution is 7.86. The lowest BCUT2D eigenvalue weighted by molar-refractivity contribution is -0.438. The van der Waals surface area contributed by atoms with E-state index in [1.54, 1.807) is 45.3 Å². The normalized spacial score (nSPS) is 20.3. The van der Waals surface area contributed by atoms with Crippen molar-refractivity contribution in [3.63, 3.8) is 0 Å². The summed E-state index contributed by atoms with van der Waals surface area (Å²) in [6.45, 7) is 7.14. The first-order chi connectivity index (χ1) is 36.2. The molecular weight excluding hydrogens is 1110 g/mol. The molecule has 430 valence electrons. The summed E-state index contributed by atoms with van der Waals surface area (Å²) in [5.41, 5.74) is 2.20. The van der Waals surface area contributed by atoms with Crippen LogP contribution in [0, 0.1) is 0 Å². The van der Waals surface area contributed by atoms with Gasteiger partial charge in [-0.05, 0) is 125 Å². The molecule has 2 heterocycles. The van der Waals surface area contributed by atoms with Crippen molar-refractivity contribution in [3.05, 3.63) is 93.7 Å². The van der Waals surface area contributed by atoms with Crippen molar-refractivity contribution in [1.82, 2.24) is 0 Å². The molecule has 2 atom stereocenters. The Morgan fingerprint density at radius 2 is 1.23 bits per heavy atom. The standard InChI is InChI=1S/C51H71ClN2O19S4/c1-50(21-8-34-74(57,58)59)42-36-40(76(63,64)65)15-17-44(42)53(23-6-4-5-12-48(55)56)46(50)19-13-38-10-7-11-39(49(38)52)14-20-47-51(2,22-9-35-75(60,61)62)43-37-41(77(66,67)68)16-18-45(43)54(47)24-25-70-28-29-72-32-33-73-31-30-71-27-26-69-3/h13-20,36-37H,4-12,21-35H2,1-3H3,(H4-,55,56,57,58,59,60,61,62,63,64,65,66,67,68)/p-3. The molecule has 0 saturated heterocycles. The molecule has 0 saturated carbocycles. The molecule has 0 radical (unpaired) electrons. The summed E-state index contributed by atoms with van der Waals surface area (Å²) in [4.78, 5) is 12.2. The lowest BCUT2D eigenvalue weighted by Gasteiger charge is -2.31. The van der Waals surface area contributed by atoms with Crippen LogP contribution in [0.5, 0.6) is 0 Å². The quantitative estimate of drug-likeness (QED) is 0.0500. The van der Waals surface area contributed by atoms with Crippen molar-refractivity contribution < 1.29 is 90.0 Å². The van der Waals surface area contributed by atoms with Crippen molar-refractivity contribution in [1.29, 1.82) is 0 Å². The molecule has 0 amide bonds. The summed E-state index contributed by atoms with van der Waals surface area (Å²) in [6, 6.07) is 7.94. The second-order valence-corrected chi connectivity index (χ2v) is 25.5. The number of fused-ring (bicyclic) bond motifs is 2. The second-order valence-electron chi connectivity index (χ2n) is 19.3. The molecule has 2 aromatic rings. The largest absolute Gasteiger partial charge is 0.748 e. The SMILES string of the molecule is COCCOCCOCCOCCOCCN1/C(=C/C=C2\CCCC(/C=C/C3=[N+](CCCCCC(=O)O)c4ccc(S(=O)(=O)[O-])cc4C3(C)CCCS(=O)(=O)[O-])=C2Cl)C(C)(CCCS(=O)(=O)[O-])c2cc(S(=O)(=O)[O-])ccc21. The highest BCUT2D eigenvalue weighted by Gasteiger charge is 2.48. The van der Waals surface area contributed by atoms with Crippen molar-refractivity contribution in [2.24, 2.45) is 0 Å². The van der Waals surface area contributed by atoms with Crippen LogP contribution in [0.2, 0.25) is 0 Å². The third-order valence-electron chi connectivity index (χ3n) is 13.8. The number of rotatable bonds is 34. The number of carboxylic acids is 1. The maximum Gasteiger partial charge on any atom is 0.303 e. The Labute approximate surface area is 457 Å². The Bertz CT molecular complexity index is 3030. The van der Waals surface area contributed by atoms with E-state index in [0.717, 1.165) is 0 Å². The van der Waals surface area contributed by atoms with Crippen molar-refractivity contribution in [2.75, 3.05) is 96.1 Å². The van der Waals surface area contributed by atoms with E-state index in [0.29, 0.717) is 135 Å². The molecule has 2 unspecified atom stereocenters. The Morgan fingerprint density at radius 3 is 1.79 bits per heavy atom.